The Morgan fingerprint density at radius 1 is 1.09 bits per heavy atom. The Balaban J connectivity index is 1.62. The number of hydrogen-bond donors (Lipinski definition) is 1. The lowest BCUT2D eigenvalue weighted by Gasteiger charge is -2.16. The quantitative estimate of drug-likeness (QED) is 0.867. The summed E-state index contributed by atoms with van der Waals surface area (Å²) in [6, 6.07) is 15.3. The Hall–Kier alpha value is -2.69. The molecule has 4 nitrogen and oxygen atoms in total. The van der Waals surface area contributed by atoms with Gasteiger partial charge >= 0.3 is 11.8 Å². The monoisotopic (exact) mass is 312 g/mol. The molecule has 118 valence electrons. The molecule has 0 saturated carbocycles. The second-order valence-corrected chi connectivity index (χ2v) is 5.61. The average Bonchev–Trinajstić information content (AvgIpc) is 3.05. The van der Waals surface area contributed by atoms with Crippen molar-refractivity contribution in [1.29, 1.82) is 0 Å². The summed E-state index contributed by atoms with van der Waals surface area (Å²) >= 11 is 0. The second-order valence-electron chi connectivity index (χ2n) is 5.61. The molecule has 5 heteroatoms. The van der Waals surface area contributed by atoms with Gasteiger partial charge in [-0.25, -0.2) is 4.39 Å². The fourth-order valence-corrected chi connectivity index (χ4v) is 2.83. The first kappa shape index (κ1) is 15.2. The van der Waals surface area contributed by atoms with Crippen molar-refractivity contribution >= 4 is 17.5 Å². The highest BCUT2D eigenvalue weighted by atomic mass is 19.1. The fraction of sp³-hybridized carbons (Fsp3) is 0.222. The topological polar surface area (TPSA) is 49.4 Å². The summed E-state index contributed by atoms with van der Waals surface area (Å²) in [5, 5.41) is 2.59. The molecule has 1 saturated heterocycles. The van der Waals surface area contributed by atoms with Crippen LogP contribution in [0, 0.1) is 5.82 Å². The van der Waals surface area contributed by atoms with E-state index in [4.69, 9.17) is 0 Å². The minimum Gasteiger partial charge on any atom is -0.334 e. The van der Waals surface area contributed by atoms with Crippen LogP contribution in [-0.2, 0) is 9.59 Å². The molecule has 1 aliphatic rings. The van der Waals surface area contributed by atoms with Gasteiger partial charge in [-0.1, -0.05) is 30.3 Å². The number of rotatable bonds is 2. The number of hydrogen-bond acceptors (Lipinski definition) is 2. The summed E-state index contributed by atoms with van der Waals surface area (Å²) < 4.78 is 13.3. The van der Waals surface area contributed by atoms with Crippen LogP contribution in [-0.4, -0.2) is 29.8 Å². The smallest absolute Gasteiger partial charge is 0.313 e. The zero-order chi connectivity index (χ0) is 16.2. The third-order valence-electron chi connectivity index (χ3n) is 4.02. The SMILES string of the molecule is O=C(Nc1ccccc1)C(=O)N1CCC(c2cccc(F)c2)C1. The molecule has 0 aliphatic carbocycles. The van der Waals surface area contributed by atoms with Crippen molar-refractivity contribution in [2.24, 2.45) is 0 Å². The Bertz CT molecular complexity index is 718. The predicted molar refractivity (Wildman–Crippen MR) is 85.4 cm³/mol. The van der Waals surface area contributed by atoms with Gasteiger partial charge in [0.15, 0.2) is 0 Å². The predicted octanol–water partition coefficient (Wildman–Crippen LogP) is 2.78. The molecule has 23 heavy (non-hydrogen) atoms. The minimum absolute atomic E-state index is 0.0687. The Morgan fingerprint density at radius 3 is 2.61 bits per heavy atom. The van der Waals surface area contributed by atoms with Crippen LogP contribution in [0.5, 0.6) is 0 Å². The molecule has 0 aromatic heterocycles. The van der Waals surface area contributed by atoms with Crippen molar-refractivity contribution in [3.63, 3.8) is 0 Å². The van der Waals surface area contributed by atoms with E-state index in [0.717, 1.165) is 12.0 Å². The third kappa shape index (κ3) is 3.56. The lowest BCUT2D eigenvalue weighted by atomic mass is 9.98. The number of benzene rings is 2. The molecule has 2 amide bonds. The molecular weight excluding hydrogens is 295 g/mol. The highest BCUT2D eigenvalue weighted by Crippen LogP contribution is 2.27. The molecule has 1 atom stereocenters. The van der Waals surface area contributed by atoms with Crippen LogP contribution >= 0.6 is 0 Å². The molecule has 0 spiro atoms. The van der Waals surface area contributed by atoms with E-state index >= 15 is 0 Å². The molecule has 0 bridgehead atoms. The first-order valence-electron chi connectivity index (χ1n) is 7.54. The minimum atomic E-state index is -0.643. The second kappa shape index (κ2) is 6.60. The molecule has 1 fully saturated rings. The molecule has 1 N–H and O–H groups in total. The molecular formula is C18H17FN2O2. The Kier molecular flexibility index (Phi) is 4.37. The Labute approximate surface area is 133 Å². The van der Waals surface area contributed by atoms with Crippen LogP contribution in [0.2, 0.25) is 0 Å². The molecule has 2 aromatic carbocycles. The molecule has 0 radical (unpaired) electrons. The van der Waals surface area contributed by atoms with E-state index in [-0.39, 0.29) is 11.7 Å². The van der Waals surface area contributed by atoms with Crippen molar-refractivity contribution in [2.45, 2.75) is 12.3 Å². The van der Waals surface area contributed by atoms with E-state index in [1.54, 1.807) is 30.3 Å². The maximum atomic E-state index is 13.3. The summed E-state index contributed by atoms with van der Waals surface area (Å²) in [6.07, 6.45) is 0.730. The van der Waals surface area contributed by atoms with Crippen molar-refractivity contribution < 1.29 is 14.0 Å². The first-order valence-corrected chi connectivity index (χ1v) is 7.54. The lowest BCUT2D eigenvalue weighted by Crippen LogP contribution is -2.38. The average molecular weight is 312 g/mol. The summed E-state index contributed by atoms with van der Waals surface area (Å²) in [6.45, 7) is 0.937. The number of anilines is 1. The van der Waals surface area contributed by atoms with Crippen molar-refractivity contribution in [2.75, 3.05) is 18.4 Å². The number of amides is 2. The van der Waals surface area contributed by atoms with Crippen molar-refractivity contribution in [3.05, 3.63) is 66.0 Å². The van der Waals surface area contributed by atoms with E-state index in [2.05, 4.69) is 5.32 Å². The van der Waals surface area contributed by atoms with E-state index in [0.29, 0.717) is 18.8 Å². The standard InChI is InChI=1S/C18H17FN2O2/c19-15-6-4-5-13(11-15)14-9-10-21(12-14)18(23)17(22)20-16-7-2-1-3-8-16/h1-8,11,14H,9-10,12H2,(H,20,22). The highest BCUT2D eigenvalue weighted by molar-refractivity contribution is 6.39. The largest absolute Gasteiger partial charge is 0.334 e. The lowest BCUT2D eigenvalue weighted by molar-refractivity contribution is -0.142. The van der Waals surface area contributed by atoms with E-state index in [1.165, 1.54) is 17.0 Å². The van der Waals surface area contributed by atoms with E-state index < -0.39 is 11.8 Å². The van der Waals surface area contributed by atoms with Gasteiger partial charge in [-0.2, -0.15) is 0 Å². The maximum absolute atomic E-state index is 13.3. The maximum Gasteiger partial charge on any atom is 0.313 e. The number of carbonyl (C=O) groups excluding carboxylic acids is 2. The van der Waals surface area contributed by atoms with E-state index in [1.807, 2.05) is 12.1 Å². The van der Waals surface area contributed by atoms with Crippen molar-refractivity contribution in [3.8, 4) is 0 Å². The first-order chi connectivity index (χ1) is 11.1. The third-order valence-corrected chi connectivity index (χ3v) is 4.02. The van der Waals surface area contributed by atoms with E-state index in [9.17, 15) is 14.0 Å². The number of likely N-dealkylation sites (tertiary alicyclic amines) is 1. The number of nitrogens with zero attached hydrogens (tertiary/aromatic N) is 1. The number of halogens is 1. The molecule has 2 aromatic rings. The summed E-state index contributed by atoms with van der Waals surface area (Å²) in [7, 11) is 0. The van der Waals surface area contributed by atoms with Crippen LogP contribution in [0.3, 0.4) is 0 Å². The van der Waals surface area contributed by atoms with Gasteiger partial charge in [0.2, 0.25) is 0 Å². The summed E-state index contributed by atoms with van der Waals surface area (Å²) in [4.78, 5) is 25.8. The van der Waals surface area contributed by atoms with Crippen LogP contribution < -0.4 is 5.32 Å². The zero-order valence-electron chi connectivity index (χ0n) is 12.5. The van der Waals surface area contributed by atoms with Crippen LogP contribution in [0.4, 0.5) is 10.1 Å². The van der Waals surface area contributed by atoms with Crippen molar-refractivity contribution in [1.82, 2.24) is 4.90 Å². The van der Waals surface area contributed by atoms with Crippen LogP contribution in [0.15, 0.2) is 54.6 Å². The number of para-hydroxylation sites is 1. The Morgan fingerprint density at radius 2 is 1.87 bits per heavy atom. The van der Waals surface area contributed by atoms with Gasteiger partial charge in [0.25, 0.3) is 0 Å². The van der Waals surface area contributed by atoms with Crippen LogP contribution in [0.1, 0.15) is 17.9 Å². The molecule has 1 unspecified atom stereocenters. The van der Waals surface area contributed by atoms with Gasteiger partial charge in [0.05, 0.1) is 0 Å². The van der Waals surface area contributed by atoms with Gasteiger partial charge < -0.3 is 10.2 Å². The van der Waals surface area contributed by atoms with Crippen LogP contribution in [0.25, 0.3) is 0 Å². The van der Waals surface area contributed by atoms with Gasteiger partial charge in [0, 0.05) is 24.7 Å². The fourth-order valence-electron chi connectivity index (χ4n) is 2.83. The highest BCUT2D eigenvalue weighted by Gasteiger charge is 2.30. The molecule has 1 heterocycles. The number of nitrogens with one attached hydrogen (secondary N) is 1. The summed E-state index contributed by atoms with van der Waals surface area (Å²) in [5.41, 5.74) is 1.45. The van der Waals surface area contributed by atoms with Gasteiger partial charge in [-0.15, -0.1) is 0 Å². The molecule has 1 aliphatic heterocycles. The zero-order valence-corrected chi connectivity index (χ0v) is 12.5. The molecule has 3 rings (SSSR count). The normalized spacial score (nSPS) is 17.1. The summed E-state index contributed by atoms with van der Waals surface area (Å²) in [5.74, 6) is -1.41. The van der Waals surface area contributed by atoms with Gasteiger partial charge in [-0.3, -0.25) is 9.59 Å². The number of carbonyl (C=O) groups is 2. The van der Waals surface area contributed by atoms with Gasteiger partial charge in [-0.05, 0) is 36.2 Å². The van der Waals surface area contributed by atoms with Gasteiger partial charge in [0.1, 0.15) is 5.82 Å².